The standard InChI is InChI=1S/C44H34N2/c1-3-15-37-33(11-1)13-9-21-41(37)45(42-22-10-14-34-12-2-4-16-38(34)42)35-27-23-31(24-28-35)32-25-29-36(30-26-32)46-43-19-7-5-17-39(43)40-18-6-8-20-44(40)46/h1-5,7,9-17,19,21-30H,6,8,18,20H2. The number of fused-ring (bicyclic) bond motifs is 5. The Morgan fingerprint density at radius 3 is 1.61 bits per heavy atom. The van der Waals surface area contributed by atoms with Gasteiger partial charge in [-0.3, -0.25) is 0 Å². The average Bonchev–Trinajstić information content (AvgIpc) is 3.47. The van der Waals surface area contributed by atoms with E-state index in [1.54, 1.807) is 5.56 Å². The second kappa shape index (κ2) is 11.1. The monoisotopic (exact) mass is 590 g/mol. The summed E-state index contributed by atoms with van der Waals surface area (Å²) in [5.41, 5.74) is 11.5. The van der Waals surface area contributed by atoms with E-state index in [2.05, 4.69) is 167 Å². The van der Waals surface area contributed by atoms with Gasteiger partial charge in [0.25, 0.3) is 0 Å². The third-order valence-electron chi connectivity index (χ3n) is 9.78. The van der Waals surface area contributed by atoms with E-state index in [0.29, 0.717) is 0 Å². The number of para-hydroxylation sites is 1. The van der Waals surface area contributed by atoms with Crippen LogP contribution in [0.4, 0.5) is 17.1 Å². The number of nitrogens with zero attached hydrogens (tertiary/aromatic N) is 2. The molecule has 1 aliphatic rings. The van der Waals surface area contributed by atoms with Gasteiger partial charge in [-0.1, -0.05) is 115 Å². The van der Waals surface area contributed by atoms with E-state index in [1.807, 2.05) is 0 Å². The van der Waals surface area contributed by atoms with Crippen molar-refractivity contribution < 1.29 is 0 Å². The van der Waals surface area contributed by atoms with Crippen LogP contribution in [0.1, 0.15) is 24.1 Å². The molecule has 0 unspecified atom stereocenters. The first-order valence-electron chi connectivity index (χ1n) is 16.4. The minimum atomic E-state index is 1.14. The van der Waals surface area contributed by atoms with Crippen molar-refractivity contribution in [2.75, 3.05) is 4.90 Å². The van der Waals surface area contributed by atoms with Crippen LogP contribution in [0.15, 0.2) is 158 Å². The topological polar surface area (TPSA) is 8.17 Å². The molecule has 0 aliphatic heterocycles. The van der Waals surface area contributed by atoms with Gasteiger partial charge in [0, 0.05) is 33.2 Å². The zero-order valence-corrected chi connectivity index (χ0v) is 25.7. The van der Waals surface area contributed by atoms with Gasteiger partial charge < -0.3 is 9.47 Å². The van der Waals surface area contributed by atoms with Gasteiger partial charge in [0.2, 0.25) is 0 Å². The van der Waals surface area contributed by atoms with Crippen molar-refractivity contribution >= 4 is 49.5 Å². The van der Waals surface area contributed by atoms with Crippen molar-refractivity contribution in [2.24, 2.45) is 0 Å². The molecule has 46 heavy (non-hydrogen) atoms. The summed E-state index contributed by atoms with van der Waals surface area (Å²) in [4.78, 5) is 2.41. The van der Waals surface area contributed by atoms with Crippen molar-refractivity contribution in [3.63, 3.8) is 0 Å². The molecule has 0 atom stereocenters. The third-order valence-corrected chi connectivity index (χ3v) is 9.78. The van der Waals surface area contributed by atoms with Gasteiger partial charge in [-0.2, -0.15) is 0 Å². The van der Waals surface area contributed by atoms with Crippen LogP contribution in [0.25, 0.3) is 49.3 Å². The minimum Gasteiger partial charge on any atom is -0.313 e. The maximum absolute atomic E-state index is 2.50. The molecule has 220 valence electrons. The van der Waals surface area contributed by atoms with Crippen molar-refractivity contribution in [2.45, 2.75) is 25.7 Å². The lowest BCUT2D eigenvalue weighted by atomic mass is 9.95. The molecule has 9 rings (SSSR count). The van der Waals surface area contributed by atoms with Crippen LogP contribution in [0.3, 0.4) is 0 Å². The quantitative estimate of drug-likeness (QED) is 0.194. The van der Waals surface area contributed by atoms with E-state index in [-0.39, 0.29) is 0 Å². The van der Waals surface area contributed by atoms with Crippen LogP contribution in [-0.4, -0.2) is 4.57 Å². The maximum atomic E-state index is 2.50. The first-order chi connectivity index (χ1) is 22.8. The summed E-state index contributed by atoms with van der Waals surface area (Å²) in [5.74, 6) is 0. The van der Waals surface area contributed by atoms with Crippen molar-refractivity contribution in [3.8, 4) is 16.8 Å². The lowest BCUT2D eigenvalue weighted by Crippen LogP contribution is -2.11. The van der Waals surface area contributed by atoms with Gasteiger partial charge in [0.15, 0.2) is 0 Å². The smallest absolute Gasteiger partial charge is 0.0540 e. The van der Waals surface area contributed by atoms with Crippen LogP contribution >= 0.6 is 0 Å². The van der Waals surface area contributed by atoms with E-state index in [0.717, 1.165) is 12.1 Å². The molecule has 0 radical (unpaired) electrons. The predicted octanol–water partition coefficient (Wildman–Crippen LogP) is 12.0. The highest BCUT2D eigenvalue weighted by molar-refractivity contribution is 6.04. The molecule has 2 nitrogen and oxygen atoms in total. The minimum absolute atomic E-state index is 1.14. The fraction of sp³-hybridized carbons (Fsp3) is 0.0909. The van der Waals surface area contributed by atoms with Crippen LogP contribution in [0.5, 0.6) is 0 Å². The molecule has 0 fully saturated rings. The Hall–Kier alpha value is -5.60. The summed E-state index contributed by atoms with van der Waals surface area (Å²) < 4.78 is 2.50. The first-order valence-corrected chi connectivity index (χ1v) is 16.4. The molecule has 1 aliphatic carbocycles. The van der Waals surface area contributed by atoms with Crippen LogP contribution < -0.4 is 4.90 Å². The Labute approximate surface area is 269 Å². The molecule has 0 bridgehead atoms. The Morgan fingerprint density at radius 1 is 0.435 bits per heavy atom. The number of aromatic nitrogens is 1. The molecule has 2 heteroatoms. The van der Waals surface area contributed by atoms with Gasteiger partial charge in [-0.05, 0) is 95.6 Å². The molecule has 0 N–H and O–H groups in total. The van der Waals surface area contributed by atoms with E-state index >= 15 is 0 Å². The molecule has 7 aromatic carbocycles. The Kier molecular flexibility index (Phi) is 6.45. The van der Waals surface area contributed by atoms with E-state index in [4.69, 9.17) is 0 Å². The lowest BCUT2D eigenvalue weighted by Gasteiger charge is -2.28. The fourth-order valence-corrected chi connectivity index (χ4v) is 7.61. The SMILES string of the molecule is c1ccc2c(N(c3ccc(-c4ccc(-n5c6c(c7ccccc75)CCCC6)cc4)cc3)c3cccc4ccccc34)cccc2c1. The molecule has 0 amide bonds. The molecule has 0 spiro atoms. The van der Waals surface area contributed by atoms with Gasteiger partial charge >= 0.3 is 0 Å². The Morgan fingerprint density at radius 2 is 0.957 bits per heavy atom. The zero-order valence-electron chi connectivity index (χ0n) is 25.7. The Balaban J connectivity index is 1.12. The fourth-order valence-electron chi connectivity index (χ4n) is 7.61. The number of anilines is 3. The number of rotatable bonds is 5. The second-order valence-corrected chi connectivity index (χ2v) is 12.4. The van der Waals surface area contributed by atoms with E-state index in [9.17, 15) is 0 Å². The summed E-state index contributed by atoms with van der Waals surface area (Å²) in [7, 11) is 0. The summed E-state index contributed by atoms with van der Waals surface area (Å²) in [6.07, 6.45) is 4.88. The lowest BCUT2D eigenvalue weighted by molar-refractivity contribution is 0.667. The number of aryl methyl sites for hydroxylation is 1. The van der Waals surface area contributed by atoms with Crippen LogP contribution in [0.2, 0.25) is 0 Å². The molecule has 0 saturated heterocycles. The highest BCUT2D eigenvalue weighted by Crippen LogP contribution is 2.42. The van der Waals surface area contributed by atoms with E-state index < -0.39 is 0 Å². The summed E-state index contributed by atoms with van der Waals surface area (Å²) in [6.45, 7) is 0. The zero-order chi connectivity index (χ0) is 30.5. The average molecular weight is 591 g/mol. The van der Waals surface area contributed by atoms with E-state index in [1.165, 1.54) is 85.6 Å². The molecule has 1 aromatic heterocycles. The molecule has 8 aromatic rings. The first kappa shape index (κ1) is 26.8. The summed E-state index contributed by atoms with van der Waals surface area (Å²) in [6, 6.07) is 57.6. The van der Waals surface area contributed by atoms with Crippen molar-refractivity contribution in [1.82, 2.24) is 4.57 Å². The largest absolute Gasteiger partial charge is 0.313 e. The number of benzene rings is 7. The highest BCUT2D eigenvalue weighted by Gasteiger charge is 2.21. The molecular weight excluding hydrogens is 556 g/mol. The van der Waals surface area contributed by atoms with Crippen molar-refractivity contribution in [1.29, 1.82) is 0 Å². The van der Waals surface area contributed by atoms with Crippen LogP contribution in [0, 0.1) is 0 Å². The highest BCUT2D eigenvalue weighted by atomic mass is 15.1. The van der Waals surface area contributed by atoms with Crippen molar-refractivity contribution in [3.05, 3.63) is 169 Å². The van der Waals surface area contributed by atoms with Crippen LogP contribution in [-0.2, 0) is 12.8 Å². The predicted molar refractivity (Wildman–Crippen MR) is 195 cm³/mol. The number of hydrogen-bond acceptors (Lipinski definition) is 1. The Bertz CT molecular complexity index is 2270. The summed E-state index contributed by atoms with van der Waals surface area (Å²) >= 11 is 0. The molecule has 1 heterocycles. The second-order valence-electron chi connectivity index (χ2n) is 12.4. The third kappa shape index (κ3) is 4.41. The molecule has 0 saturated carbocycles. The van der Waals surface area contributed by atoms with Gasteiger partial charge in [-0.25, -0.2) is 0 Å². The van der Waals surface area contributed by atoms with Gasteiger partial charge in [-0.15, -0.1) is 0 Å². The molecular formula is C44H34N2. The number of hydrogen-bond donors (Lipinski definition) is 0. The van der Waals surface area contributed by atoms with Gasteiger partial charge in [0.1, 0.15) is 0 Å². The normalized spacial score (nSPS) is 12.9. The summed E-state index contributed by atoms with van der Waals surface area (Å²) in [5, 5.41) is 6.35. The van der Waals surface area contributed by atoms with Gasteiger partial charge in [0.05, 0.1) is 16.9 Å². The maximum Gasteiger partial charge on any atom is 0.0540 e.